The van der Waals surface area contributed by atoms with E-state index in [4.69, 9.17) is 10.8 Å². The van der Waals surface area contributed by atoms with E-state index in [1.165, 1.54) is 6.07 Å². The SMILES string of the molecule is NC(=O)C(O)CNCc1cc(Br)ccc1F. The smallest absolute Gasteiger partial charge is 0.247 e. The number of amides is 1. The lowest BCUT2D eigenvalue weighted by Gasteiger charge is -2.09. The number of rotatable bonds is 5. The van der Waals surface area contributed by atoms with Crippen LogP contribution in [0.4, 0.5) is 4.39 Å². The fraction of sp³-hybridized carbons (Fsp3) is 0.300. The Bertz CT molecular complexity index is 387. The van der Waals surface area contributed by atoms with Gasteiger partial charge in [0.15, 0.2) is 0 Å². The molecule has 4 N–H and O–H groups in total. The third-order valence-corrected chi connectivity index (χ3v) is 2.48. The zero-order valence-electron chi connectivity index (χ0n) is 8.41. The van der Waals surface area contributed by atoms with Gasteiger partial charge in [0, 0.05) is 23.1 Å². The Morgan fingerprint density at radius 2 is 2.31 bits per heavy atom. The highest BCUT2D eigenvalue weighted by atomic mass is 79.9. The molecule has 1 aromatic rings. The van der Waals surface area contributed by atoms with Crippen LogP contribution >= 0.6 is 15.9 Å². The minimum absolute atomic E-state index is 0.00128. The van der Waals surface area contributed by atoms with Gasteiger partial charge in [-0.2, -0.15) is 0 Å². The third kappa shape index (κ3) is 3.88. The zero-order valence-corrected chi connectivity index (χ0v) is 10.00. The molecule has 0 aliphatic heterocycles. The van der Waals surface area contributed by atoms with E-state index in [0.717, 1.165) is 4.47 Å². The molecule has 16 heavy (non-hydrogen) atoms. The van der Waals surface area contributed by atoms with Gasteiger partial charge in [0.25, 0.3) is 0 Å². The van der Waals surface area contributed by atoms with Crippen molar-refractivity contribution in [2.75, 3.05) is 6.54 Å². The number of benzene rings is 1. The maximum Gasteiger partial charge on any atom is 0.247 e. The molecule has 0 aromatic heterocycles. The van der Waals surface area contributed by atoms with E-state index >= 15 is 0 Å². The number of carbonyl (C=O) groups excluding carboxylic acids is 1. The first kappa shape index (κ1) is 13.1. The predicted molar refractivity (Wildman–Crippen MR) is 61.0 cm³/mol. The van der Waals surface area contributed by atoms with E-state index in [1.807, 2.05) is 0 Å². The summed E-state index contributed by atoms with van der Waals surface area (Å²) in [5, 5.41) is 11.8. The Morgan fingerprint density at radius 1 is 1.62 bits per heavy atom. The number of nitrogens with two attached hydrogens (primary N) is 1. The molecule has 1 aromatic carbocycles. The summed E-state index contributed by atoms with van der Waals surface area (Å²) >= 11 is 3.22. The number of aliphatic hydroxyl groups is 1. The molecule has 0 aliphatic carbocycles. The summed E-state index contributed by atoms with van der Waals surface area (Å²) in [7, 11) is 0. The quantitative estimate of drug-likeness (QED) is 0.740. The highest BCUT2D eigenvalue weighted by Crippen LogP contribution is 2.15. The molecule has 1 rings (SSSR count). The van der Waals surface area contributed by atoms with E-state index in [0.29, 0.717) is 5.56 Å². The van der Waals surface area contributed by atoms with Crippen molar-refractivity contribution >= 4 is 21.8 Å². The van der Waals surface area contributed by atoms with Gasteiger partial charge in [0.1, 0.15) is 11.9 Å². The van der Waals surface area contributed by atoms with Crippen LogP contribution in [0.2, 0.25) is 0 Å². The number of hydrogen-bond donors (Lipinski definition) is 3. The van der Waals surface area contributed by atoms with E-state index in [2.05, 4.69) is 21.2 Å². The second-order valence-electron chi connectivity index (χ2n) is 3.28. The molecule has 1 atom stereocenters. The van der Waals surface area contributed by atoms with Gasteiger partial charge in [-0.25, -0.2) is 4.39 Å². The minimum atomic E-state index is -1.25. The second kappa shape index (κ2) is 5.93. The van der Waals surface area contributed by atoms with Crippen molar-refractivity contribution in [3.8, 4) is 0 Å². The van der Waals surface area contributed by atoms with Crippen molar-refractivity contribution in [2.45, 2.75) is 12.6 Å². The standard InChI is InChI=1S/C10H12BrFN2O2/c11-7-1-2-8(12)6(3-7)4-14-5-9(15)10(13)16/h1-3,9,14-15H,4-5H2,(H2,13,16). The third-order valence-electron chi connectivity index (χ3n) is 1.99. The molecular formula is C10H12BrFN2O2. The van der Waals surface area contributed by atoms with Crippen LogP contribution in [0.5, 0.6) is 0 Å². The predicted octanol–water partition coefficient (Wildman–Crippen LogP) is 0.524. The van der Waals surface area contributed by atoms with Gasteiger partial charge in [-0.05, 0) is 18.2 Å². The fourth-order valence-corrected chi connectivity index (χ4v) is 1.53. The Hall–Kier alpha value is -0.980. The maximum atomic E-state index is 13.2. The van der Waals surface area contributed by atoms with Crippen LogP contribution in [-0.4, -0.2) is 23.7 Å². The van der Waals surface area contributed by atoms with Crippen molar-refractivity contribution in [1.82, 2.24) is 5.32 Å². The van der Waals surface area contributed by atoms with Crippen LogP contribution in [0.25, 0.3) is 0 Å². The summed E-state index contributed by atoms with van der Waals surface area (Å²) in [6, 6.07) is 4.56. The Morgan fingerprint density at radius 3 is 2.94 bits per heavy atom. The Kier molecular flexibility index (Phi) is 4.85. The molecule has 88 valence electrons. The van der Waals surface area contributed by atoms with Gasteiger partial charge in [0.05, 0.1) is 0 Å². The lowest BCUT2D eigenvalue weighted by molar-refractivity contribution is -0.125. The number of aliphatic hydroxyl groups excluding tert-OH is 1. The number of nitrogens with one attached hydrogen (secondary N) is 1. The van der Waals surface area contributed by atoms with Crippen molar-refractivity contribution in [3.05, 3.63) is 34.1 Å². The van der Waals surface area contributed by atoms with Gasteiger partial charge in [-0.3, -0.25) is 4.79 Å². The Labute approximate surface area is 101 Å². The lowest BCUT2D eigenvalue weighted by Crippen LogP contribution is -2.37. The molecule has 0 saturated carbocycles. The van der Waals surface area contributed by atoms with Gasteiger partial charge in [0.2, 0.25) is 5.91 Å². The van der Waals surface area contributed by atoms with Gasteiger partial charge in [-0.1, -0.05) is 15.9 Å². The largest absolute Gasteiger partial charge is 0.382 e. The molecule has 0 bridgehead atoms. The molecule has 4 nitrogen and oxygen atoms in total. The summed E-state index contributed by atoms with van der Waals surface area (Å²) in [4.78, 5) is 10.5. The fourth-order valence-electron chi connectivity index (χ4n) is 1.12. The first-order valence-corrected chi connectivity index (χ1v) is 5.42. The first-order valence-electron chi connectivity index (χ1n) is 4.62. The summed E-state index contributed by atoms with van der Waals surface area (Å²) in [5.74, 6) is -1.15. The summed E-state index contributed by atoms with van der Waals surface area (Å²) in [5.41, 5.74) is 5.31. The van der Waals surface area contributed by atoms with Crippen molar-refractivity contribution in [2.24, 2.45) is 5.73 Å². The second-order valence-corrected chi connectivity index (χ2v) is 4.20. The van der Waals surface area contributed by atoms with E-state index in [1.54, 1.807) is 12.1 Å². The van der Waals surface area contributed by atoms with E-state index < -0.39 is 12.0 Å². The number of primary amides is 1. The molecule has 0 fully saturated rings. The maximum absolute atomic E-state index is 13.2. The zero-order chi connectivity index (χ0) is 12.1. The molecule has 6 heteroatoms. The highest BCUT2D eigenvalue weighted by Gasteiger charge is 2.10. The number of carbonyl (C=O) groups is 1. The molecule has 0 heterocycles. The van der Waals surface area contributed by atoms with Gasteiger partial charge in [-0.15, -0.1) is 0 Å². The van der Waals surface area contributed by atoms with Crippen LogP contribution in [0, 0.1) is 5.82 Å². The highest BCUT2D eigenvalue weighted by molar-refractivity contribution is 9.10. The number of hydrogen-bond acceptors (Lipinski definition) is 3. The average Bonchev–Trinajstić information content (AvgIpc) is 2.22. The minimum Gasteiger partial charge on any atom is -0.382 e. The summed E-state index contributed by atoms with van der Waals surface area (Å²) < 4.78 is 14.0. The summed E-state index contributed by atoms with van der Waals surface area (Å²) in [6.07, 6.45) is -1.25. The van der Waals surface area contributed by atoms with Crippen molar-refractivity contribution < 1.29 is 14.3 Å². The first-order chi connectivity index (χ1) is 7.50. The topological polar surface area (TPSA) is 75.4 Å². The molecular weight excluding hydrogens is 279 g/mol. The lowest BCUT2D eigenvalue weighted by atomic mass is 10.2. The molecule has 0 saturated heterocycles. The number of halogens is 2. The molecule has 1 unspecified atom stereocenters. The summed E-state index contributed by atoms with van der Waals surface area (Å²) in [6.45, 7) is 0.219. The van der Waals surface area contributed by atoms with Crippen LogP contribution in [0.1, 0.15) is 5.56 Å². The average molecular weight is 291 g/mol. The van der Waals surface area contributed by atoms with E-state index in [9.17, 15) is 9.18 Å². The molecule has 0 aliphatic rings. The van der Waals surface area contributed by atoms with Crippen LogP contribution in [0.3, 0.4) is 0 Å². The van der Waals surface area contributed by atoms with Crippen LogP contribution in [0.15, 0.2) is 22.7 Å². The molecule has 0 spiro atoms. The van der Waals surface area contributed by atoms with Gasteiger partial charge < -0.3 is 16.2 Å². The monoisotopic (exact) mass is 290 g/mol. The van der Waals surface area contributed by atoms with Crippen LogP contribution in [-0.2, 0) is 11.3 Å². The van der Waals surface area contributed by atoms with Crippen LogP contribution < -0.4 is 11.1 Å². The van der Waals surface area contributed by atoms with Gasteiger partial charge >= 0.3 is 0 Å². The normalized spacial score (nSPS) is 12.4. The van der Waals surface area contributed by atoms with E-state index in [-0.39, 0.29) is 18.9 Å². The van der Waals surface area contributed by atoms with Crippen molar-refractivity contribution in [1.29, 1.82) is 0 Å². The molecule has 0 radical (unpaired) electrons. The molecule has 1 amide bonds. The Balaban J connectivity index is 2.48. The van der Waals surface area contributed by atoms with Crippen molar-refractivity contribution in [3.63, 3.8) is 0 Å².